The summed E-state index contributed by atoms with van der Waals surface area (Å²) >= 11 is 0. The molecule has 6 heterocycles. The maximum atomic E-state index is 14.7. The monoisotopic (exact) mass is 1060 g/mol. The summed E-state index contributed by atoms with van der Waals surface area (Å²) in [5.41, 5.74) is 1.88. The number of rotatable bonds is 13. The summed E-state index contributed by atoms with van der Waals surface area (Å²) in [6, 6.07) is 16.1. The number of nitro benzene ring substituents is 1. The van der Waals surface area contributed by atoms with Crippen molar-refractivity contribution in [3.63, 3.8) is 0 Å². The third-order valence-electron chi connectivity index (χ3n) is 15.9. The first-order valence-electron chi connectivity index (χ1n) is 25.4. The van der Waals surface area contributed by atoms with Gasteiger partial charge < -0.3 is 29.8 Å². The molecule has 396 valence electrons. The third kappa shape index (κ3) is 10.0. The molecule has 0 unspecified atom stereocenters. The number of pyridine rings is 1. The molecule has 19 nitrogen and oxygen atoms in total. The van der Waals surface area contributed by atoms with Gasteiger partial charge in [0.25, 0.3) is 21.6 Å². The smallest absolute Gasteiger partial charge is 0.297 e. The highest BCUT2D eigenvalue weighted by molar-refractivity contribution is 7.90. The lowest BCUT2D eigenvalue weighted by Gasteiger charge is -2.60. The van der Waals surface area contributed by atoms with Crippen LogP contribution in [0.2, 0.25) is 0 Å². The van der Waals surface area contributed by atoms with Crippen molar-refractivity contribution in [1.82, 2.24) is 29.0 Å². The fourth-order valence-electron chi connectivity index (χ4n) is 11.5. The number of aromatic nitrogens is 2. The molecule has 5 aliphatic rings. The number of aliphatic hydroxyl groups is 1. The van der Waals surface area contributed by atoms with E-state index in [1.54, 1.807) is 37.2 Å². The number of sulfonamides is 2. The molecule has 0 radical (unpaired) electrons. The number of halogens is 1. The van der Waals surface area contributed by atoms with E-state index in [9.17, 15) is 41.2 Å². The van der Waals surface area contributed by atoms with Gasteiger partial charge in [-0.15, -0.1) is 0 Å². The van der Waals surface area contributed by atoms with Crippen LogP contribution in [0, 0.1) is 27.3 Å². The van der Waals surface area contributed by atoms with Crippen LogP contribution in [-0.2, 0) is 20.0 Å². The van der Waals surface area contributed by atoms with Crippen molar-refractivity contribution >= 4 is 54.0 Å². The maximum Gasteiger partial charge on any atom is 0.297 e. The van der Waals surface area contributed by atoms with Crippen LogP contribution in [0.25, 0.3) is 11.0 Å². The number of amides is 1. The summed E-state index contributed by atoms with van der Waals surface area (Å²) in [5.74, 6) is -1.32. The van der Waals surface area contributed by atoms with Crippen LogP contribution in [0.15, 0.2) is 78.0 Å². The molecule has 5 aromatic rings. The standard InChI is InChI=1S/C52H64FN9O10S2/c1-32(2)38-8-6-7-9-39(38)45-28-60(74(69,70)33(3)4)20-21-61(45)59-30-52(31-59)16-18-58(19-17-52)35-10-11-40(46(22-35)72-36-23-41-42(53)27-55-49(41)54-26-36)50(63)57-73(67,68)37-24-44(62(65)66)48-47(25-37)71-29-43(56-48)34-12-14-51(5,64)15-13-34/h6-11,22-27,32-34,43,45,56,64H,12-21,28-31H2,1-5H3,(H,54,55)(H,57,63)/t34?,43-,45-,51?/m1/s1. The van der Waals surface area contributed by atoms with Gasteiger partial charge in [-0.2, -0.15) is 4.31 Å². The van der Waals surface area contributed by atoms with Crippen molar-refractivity contribution in [3.8, 4) is 17.2 Å². The van der Waals surface area contributed by atoms with E-state index in [4.69, 9.17) is 9.47 Å². The van der Waals surface area contributed by atoms with E-state index in [1.165, 1.54) is 23.9 Å². The number of hydrogen-bond donors (Lipinski definition) is 4. The number of ether oxygens (including phenoxy) is 2. The number of nitro groups is 1. The highest BCUT2D eigenvalue weighted by Crippen LogP contribution is 2.47. The predicted octanol–water partition coefficient (Wildman–Crippen LogP) is 7.67. The molecular formula is C52H64FN9O10S2. The lowest BCUT2D eigenvalue weighted by molar-refractivity contribution is -0.384. The van der Waals surface area contributed by atoms with Gasteiger partial charge in [-0.25, -0.2) is 40.9 Å². The van der Waals surface area contributed by atoms with E-state index in [0.29, 0.717) is 64.1 Å². The molecule has 4 N–H and O–H groups in total. The molecule has 3 aromatic carbocycles. The van der Waals surface area contributed by atoms with Crippen molar-refractivity contribution in [2.45, 2.75) is 107 Å². The Morgan fingerprint density at radius 1 is 0.986 bits per heavy atom. The van der Waals surface area contributed by atoms with E-state index < -0.39 is 58.1 Å². The van der Waals surface area contributed by atoms with Gasteiger partial charge in [-0.1, -0.05) is 38.1 Å². The van der Waals surface area contributed by atoms with Gasteiger partial charge in [-0.05, 0) is 100 Å². The van der Waals surface area contributed by atoms with Crippen LogP contribution < -0.4 is 24.4 Å². The highest BCUT2D eigenvalue weighted by Gasteiger charge is 2.50. The normalized spacial score (nSPS) is 23.8. The van der Waals surface area contributed by atoms with Gasteiger partial charge in [0.05, 0.1) is 49.9 Å². The average molecular weight is 1060 g/mol. The molecule has 3 saturated heterocycles. The van der Waals surface area contributed by atoms with Crippen molar-refractivity contribution in [1.29, 1.82) is 0 Å². The van der Waals surface area contributed by atoms with Crippen LogP contribution >= 0.6 is 0 Å². The quantitative estimate of drug-likeness (QED) is 0.0654. The number of benzene rings is 3. The predicted molar refractivity (Wildman–Crippen MR) is 277 cm³/mol. The number of carbonyl (C=O) groups is 1. The van der Waals surface area contributed by atoms with E-state index in [0.717, 1.165) is 49.8 Å². The number of anilines is 2. The van der Waals surface area contributed by atoms with Crippen LogP contribution in [0.4, 0.5) is 21.5 Å². The molecule has 1 aliphatic carbocycles. The van der Waals surface area contributed by atoms with Crippen LogP contribution in [0.3, 0.4) is 0 Å². The van der Waals surface area contributed by atoms with Crippen molar-refractivity contribution in [2.24, 2.45) is 11.3 Å². The van der Waals surface area contributed by atoms with Crippen molar-refractivity contribution in [3.05, 3.63) is 106 Å². The van der Waals surface area contributed by atoms with Crippen molar-refractivity contribution in [2.75, 3.05) is 62.6 Å². The Morgan fingerprint density at radius 2 is 1.72 bits per heavy atom. The number of hydrazine groups is 1. The molecule has 0 bridgehead atoms. The molecular weight excluding hydrogens is 994 g/mol. The Labute approximate surface area is 430 Å². The van der Waals surface area contributed by atoms with E-state index in [-0.39, 0.29) is 75.5 Å². The zero-order valence-corrected chi connectivity index (χ0v) is 43.8. The molecule has 4 aliphatic heterocycles. The van der Waals surface area contributed by atoms with Gasteiger partial charge >= 0.3 is 0 Å². The second-order valence-electron chi connectivity index (χ2n) is 21.6. The number of nitrogens with zero attached hydrogens (tertiary/aromatic N) is 6. The summed E-state index contributed by atoms with van der Waals surface area (Å²) in [4.78, 5) is 34.5. The van der Waals surface area contributed by atoms with Gasteiger partial charge in [0, 0.05) is 81.3 Å². The summed E-state index contributed by atoms with van der Waals surface area (Å²) in [5, 5.41) is 30.5. The third-order valence-corrected chi connectivity index (χ3v) is 19.5. The second-order valence-corrected chi connectivity index (χ2v) is 25.8. The Kier molecular flexibility index (Phi) is 13.7. The van der Waals surface area contributed by atoms with Gasteiger partial charge in [0.1, 0.15) is 29.6 Å². The minimum Gasteiger partial charge on any atom is -0.489 e. The highest BCUT2D eigenvalue weighted by atomic mass is 32.2. The minimum atomic E-state index is -4.76. The van der Waals surface area contributed by atoms with Gasteiger partial charge in [0.2, 0.25) is 10.0 Å². The number of piperidine rings is 1. The average Bonchev–Trinajstić information content (AvgIpc) is 3.74. The van der Waals surface area contributed by atoms with E-state index in [1.807, 2.05) is 12.1 Å². The number of nitrogens with one attached hydrogen (secondary N) is 3. The van der Waals surface area contributed by atoms with Gasteiger partial charge in [-0.3, -0.25) is 14.9 Å². The first-order valence-corrected chi connectivity index (χ1v) is 28.4. The Hall–Kier alpha value is -5.91. The molecule has 22 heteroatoms. The minimum absolute atomic E-state index is 0.0159. The molecule has 10 rings (SSSR count). The zero-order chi connectivity index (χ0) is 52.5. The Bertz CT molecular complexity index is 3200. The molecule has 4 fully saturated rings. The fraction of sp³-hybridized carbons (Fsp3) is 0.500. The lowest BCUT2D eigenvalue weighted by atomic mass is 9.72. The Balaban J connectivity index is 0.865. The van der Waals surface area contributed by atoms with E-state index >= 15 is 0 Å². The molecule has 1 amide bonds. The zero-order valence-electron chi connectivity index (χ0n) is 42.2. The number of carbonyl (C=O) groups excluding carboxylic acids is 1. The summed E-state index contributed by atoms with van der Waals surface area (Å²) in [7, 11) is -8.23. The second kappa shape index (κ2) is 19.7. The maximum absolute atomic E-state index is 14.7. The van der Waals surface area contributed by atoms with Gasteiger partial charge in [0.15, 0.2) is 11.4 Å². The lowest BCUT2D eigenvalue weighted by Crippen LogP contribution is -2.68. The first-order chi connectivity index (χ1) is 35.1. The van der Waals surface area contributed by atoms with Crippen molar-refractivity contribution < 1.29 is 45.5 Å². The number of H-pyrrole nitrogens is 1. The number of fused-ring (bicyclic) bond motifs is 2. The molecule has 2 atom stereocenters. The summed E-state index contributed by atoms with van der Waals surface area (Å²) in [6.07, 6.45) is 6.71. The Morgan fingerprint density at radius 3 is 2.42 bits per heavy atom. The number of hydrogen-bond acceptors (Lipinski definition) is 15. The molecule has 74 heavy (non-hydrogen) atoms. The summed E-state index contributed by atoms with van der Waals surface area (Å²) in [6.45, 7) is 14.0. The summed E-state index contributed by atoms with van der Waals surface area (Å²) < 4.78 is 85.7. The van der Waals surface area contributed by atoms with Crippen LogP contribution in [0.1, 0.15) is 107 Å². The van der Waals surface area contributed by atoms with E-state index in [2.05, 4.69) is 60.9 Å². The topological polar surface area (TPSA) is 233 Å². The SMILES string of the molecule is CC(C)c1ccccc1[C@H]1CN(S(=O)(=O)C(C)C)CCN1N1CC2(CCN(c3ccc(C(=O)NS(=O)(=O)c4cc5c(c([N+](=O)[O-])c4)N[C@@H](C4CCC(C)(O)CC4)CO5)c(Oc4cnc5[nH]cc(F)c5c4)c3)CC2)C1. The molecule has 1 spiro atoms. The van der Waals surface area contributed by atoms with Crippen LogP contribution in [0.5, 0.6) is 17.2 Å². The largest absolute Gasteiger partial charge is 0.489 e. The fourth-order valence-corrected chi connectivity index (χ4v) is 13.8. The number of piperazine rings is 1. The van der Waals surface area contributed by atoms with Crippen LogP contribution in [-0.4, -0.2) is 126 Å². The molecule has 1 saturated carbocycles. The number of aromatic amines is 1. The molecule has 2 aromatic heterocycles. The first kappa shape index (κ1) is 51.6.